The van der Waals surface area contributed by atoms with Gasteiger partial charge in [0.2, 0.25) is 5.95 Å². The summed E-state index contributed by atoms with van der Waals surface area (Å²) in [5.41, 5.74) is 0. The Morgan fingerprint density at radius 2 is 2.33 bits per heavy atom. The minimum absolute atomic E-state index is 0.298. The number of piperidine rings is 1. The van der Waals surface area contributed by atoms with Crippen molar-refractivity contribution in [2.45, 2.75) is 19.3 Å². The molecule has 0 amide bonds. The van der Waals surface area contributed by atoms with Crippen molar-refractivity contribution >= 4 is 11.9 Å². The lowest BCUT2D eigenvalue weighted by atomic mass is 9.94. The molecule has 2 heterocycles. The second-order valence-electron chi connectivity index (χ2n) is 3.94. The Hall–Kier alpha value is -1.52. The van der Waals surface area contributed by atoms with Gasteiger partial charge in [-0.1, -0.05) is 0 Å². The molecule has 2 rings (SSSR count). The van der Waals surface area contributed by atoms with E-state index in [4.69, 9.17) is 5.11 Å². The number of aromatic nitrogens is 2. The highest BCUT2D eigenvalue weighted by molar-refractivity contribution is 5.67. The number of carboxylic acids is 1. The molecule has 1 aliphatic heterocycles. The van der Waals surface area contributed by atoms with E-state index in [-0.39, 0.29) is 0 Å². The summed E-state index contributed by atoms with van der Waals surface area (Å²) in [5, 5.41) is 8.68. The smallest absolute Gasteiger partial charge is 0.303 e. The van der Waals surface area contributed by atoms with Gasteiger partial charge in [0.1, 0.15) is 0 Å². The number of rotatable bonds is 3. The van der Waals surface area contributed by atoms with Crippen LogP contribution in [0.3, 0.4) is 0 Å². The van der Waals surface area contributed by atoms with E-state index in [1.165, 1.54) is 0 Å². The van der Waals surface area contributed by atoms with E-state index >= 15 is 0 Å². The first-order valence-corrected chi connectivity index (χ1v) is 5.22. The second kappa shape index (κ2) is 4.33. The lowest BCUT2D eigenvalue weighted by molar-refractivity contribution is -0.138. The SMILES string of the molecule is O=C(O)CC1CCN(c2ncc[nH]2)CC1. The fourth-order valence-corrected chi connectivity index (χ4v) is 2.03. The van der Waals surface area contributed by atoms with Crippen LogP contribution >= 0.6 is 0 Å². The van der Waals surface area contributed by atoms with Crippen LogP contribution in [0.1, 0.15) is 19.3 Å². The van der Waals surface area contributed by atoms with Crippen molar-refractivity contribution in [1.29, 1.82) is 0 Å². The van der Waals surface area contributed by atoms with E-state index in [1.807, 2.05) is 0 Å². The first kappa shape index (κ1) is 10.0. The molecule has 0 spiro atoms. The number of imidazole rings is 1. The third kappa shape index (κ3) is 2.49. The lowest BCUT2D eigenvalue weighted by Gasteiger charge is -2.30. The Balaban J connectivity index is 1.84. The molecule has 82 valence electrons. The zero-order valence-electron chi connectivity index (χ0n) is 8.52. The van der Waals surface area contributed by atoms with Crippen LogP contribution in [0, 0.1) is 5.92 Å². The van der Waals surface area contributed by atoms with Crippen LogP contribution in [0.15, 0.2) is 12.4 Å². The highest BCUT2D eigenvalue weighted by Gasteiger charge is 2.22. The molecular weight excluding hydrogens is 194 g/mol. The Morgan fingerprint density at radius 1 is 1.60 bits per heavy atom. The minimum Gasteiger partial charge on any atom is -0.481 e. The number of carboxylic acid groups (broad SMARTS) is 1. The summed E-state index contributed by atoms with van der Waals surface area (Å²) in [7, 11) is 0. The highest BCUT2D eigenvalue weighted by Crippen LogP contribution is 2.22. The third-order valence-corrected chi connectivity index (χ3v) is 2.86. The molecular formula is C10H15N3O2. The van der Waals surface area contributed by atoms with Crippen LogP contribution in [-0.4, -0.2) is 34.1 Å². The van der Waals surface area contributed by atoms with Crippen molar-refractivity contribution < 1.29 is 9.90 Å². The number of hydrogen-bond acceptors (Lipinski definition) is 3. The van der Waals surface area contributed by atoms with Gasteiger partial charge in [0.25, 0.3) is 0 Å². The molecule has 0 bridgehead atoms. The van der Waals surface area contributed by atoms with E-state index in [9.17, 15) is 4.79 Å². The van der Waals surface area contributed by atoms with Crippen molar-refractivity contribution in [2.75, 3.05) is 18.0 Å². The van der Waals surface area contributed by atoms with Crippen LogP contribution in [0.25, 0.3) is 0 Å². The number of carbonyl (C=O) groups is 1. The van der Waals surface area contributed by atoms with Gasteiger partial charge < -0.3 is 15.0 Å². The maximum Gasteiger partial charge on any atom is 0.303 e. The van der Waals surface area contributed by atoms with Gasteiger partial charge in [0, 0.05) is 31.9 Å². The number of anilines is 1. The zero-order valence-corrected chi connectivity index (χ0v) is 8.52. The molecule has 1 aromatic heterocycles. The molecule has 0 atom stereocenters. The monoisotopic (exact) mass is 209 g/mol. The van der Waals surface area contributed by atoms with Crippen molar-refractivity contribution in [3.05, 3.63) is 12.4 Å². The highest BCUT2D eigenvalue weighted by atomic mass is 16.4. The fraction of sp³-hybridized carbons (Fsp3) is 0.600. The molecule has 15 heavy (non-hydrogen) atoms. The van der Waals surface area contributed by atoms with Crippen LogP contribution in [0.5, 0.6) is 0 Å². The number of aromatic amines is 1. The van der Waals surface area contributed by atoms with Gasteiger partial charge in [-0.15, -0.1) is 0 Å². The summed E-state index contributed by atoms with van der Waals surface area (Å²) in [6, 6.07) is 0. The van der Waals surface area contributed by atoms with Crippen molar-refractivity contribution in [1.82, 2.24) is 9.97 Å². The maximum absolute atomic E-state index is 10.5. The first-order chi connectivity index (χ1) is 7.25. The molecule has 0 radical (unpaired) electrons. The molecule has 0 aliphatic carbocycles. The molecule has 1 aliphatic rings. The Morgan fingerprint density at radius 3 is 2.87 bits per heavy atom. The van der Waals surface area contributed by atoms with Gasteiger partial charge in [-0.05, 0) is 18.8 Å². The minimum atomic E-state index is -0.688. The van der Waals surface area contributed by atoms with Crippen LogP contribution in [0.4, 0.5) is 5.95 Å². The van der Waals surface area contributed by atoms with Crippen molar-refractivity contribution in [2.24, 2.45) is 5.92 Å². The molecule has 2 N–H and O–H groups in total. The van der Waals surface area contributed by atoms with Crippen LogP contribution in [0.2, 0.25) is 0 Å². The molecule has 0 aromatic carbocycles. The molecule has 1 fully saturated rings. The average Bonchev–Trinajstić information content (AvgIpc) is 2.71. The quantitative estimate of drug-likeness (QED) is 0.782. The Kier molecular flexibility index (Phi) is 2.89. The number of aliphatic carboxylic acids is 1. The zero-order chi connectivity index (χ0) is 10.7. The van der Waals surface area contributed by atoms with Crippen molar-refractivity contribution in [3.8, 4) is 0 Å². The summed E-state index contributed by atoms with van der Waals surface area (Å²) in [6.07, 6.45) is 5.71. The molecule has 5 heteroatoms. The van der Waals surface area contributed by atoms with Crippen molar-refractivity contribution in [3.63, 3.8) is 0 Å². The largest absolute Gasteiger partial charge is 0.481 e. The van der Waals surface area contributed by atoms with Gasteiger partial charge in [-0.2, -0.15) is 0 Å². The Bertz CT molecular complexity index is 315. The van der Waals surface area contributed by atoms with E-state index in [2.05, 4.69) is 14.9 Å². The van der Waals surface area contributed by atoms with Gasteiger partial charge in [-0.25, -0.2) is 4.98 Å². The number of nitrogens with zero attached hydrogens (tertiary/aromatic N) is 2. The number of nitrogens with one attached hydrogen (secondary N) is 1. The molecule has 0 unspecified atom stereocenters. The van der Waals surface area contributed by atoms with Crippen LogP contribution in [-0.2, 0) is 4.79 Å². The number of hydrogen-bond donors (Lipinski definition) is 2. The maximum atomic E-state index is 10.5. The van der Waals surface area contributed by atoms with E-state index in [1.54, 1.807) is 12.4 Å². The molecule has 5 nitrogen and oxygen atoms in total. The molecule has 1 aromatic rings. The summed E-state index contributed by atoms with van der Waals surface area (Å²) >= 11 is 0. The average molecular weight is 209 g/mol. The summed E-state index contributed by atoms with van der Waals surface area (Å²) in [6.45, 7) is 1.79. The van der Waals surface area contributed by atoms with Gasteiger partial charge in [0.05, 0.1) is 0 Å². The van der Waals surface area contributed by atoms with Gasteiger partial charge in [0.15, 0.2) is 0 Å². The predicted octanol–water partition coefficient (Wildman–Crippen LogP) is 1.10. The van der Waals surface area contributed by atoms with E-state index in [0.717, 1.165) is 31.9 Å². The van der Waals surface area contributed by atoms with Crippen LogP contribution < -0.4 is 4.90 Å². The second-order valence-corrected chi connectivity index (χ2v) is 3.94. The topological polar surface area (TPSA) is 69.2 Å². The first-order valence-electron chi connectivity index (χ1n) is 5.22. The number of H-pyrrole nitrogens is 1. The van der Waals surface area contributed by atoms with E-state index < -0.39 is 5.97 Å². The summed E-state index contributed by atoms with van der Waals surface area (Å²) in [5.74, 6) is 0.531. The molecule has 0 saturated carbocycles. The normalized spacial score (nSPS) is 18.0. The summed E-state index contributed by atoms with van der Waals surface area (Å²) in [4.78, 5) is 20.0. The summed E-state index contributed by atoms with van der Waals surface area (Å²) < 4.78 is 0. The van der Waals surface area contributed by atoms with Gasteiger partial charge in [-0.3, -0.25) is 4.79 Å². The third-order valence-electron chi connectivity index (χ3n) is 2.86. The molecule has 1 saturated heterocycles. The lowest BCUT2D eigenvalue weighted by Crippen LogP contribution is -2.35. The van der Waals surface area contributed by atoms with E-state index in [0.29, 0.717) is 12.3 Å². The van der Waals surface area contributed by atoms with Gasteiger partial charge >= 0.3 is 5.97 Å². The fourth-order valence-electron chi connectivity index (χ4n) is 2.03. The Labute approximate surface area is 88.1 Å². The standard InChI is InChI=1S/C10H15N3O2/c14-9(15)7-8-1-5-13(6-2-8)10-11-3-4-12-10/h3-4,8H,1-2,5-7H2,(H,11,12)(H,14,15). The predicted molar refractivity (Wildman–Crippen MR) is 55.8 cm³/mol.